The van der Waals surface area contributed by atoms with E-state index in [1.165, 1.54) is 7.05 Å². The van der Waals surface area contributed by atoms with Crippen LogP contribution >= 0.6 is 0 Å². The van der Waals surface area contributed by atoms with Gasteiger partial charge in [-0.15, -0.1) is 0 Å². The van der Waals surface area contributed by atoms with Crippen molar-refractivity contribution in [2.24, 2.45) is 0 Å². The lowest BCUT2D eigenvalue weighted by Gasteiger charge is -2.28. The van der Waals surface area contributed by atoms with Crippen LogP contribution in [0.5, 0.6) is 0 Å². The molecule has 1 saturated heterocycles. The van der Waals surface area contributed by atoms with Crippen LogP contribution in [0.25, 0.3) is 0 Å². The lowest BCUT2D eigenvalue weighted by Crippen LogP contribution is -2.48. The lowest BCUT2D eigenvalue weighted by atomic mass is 10.0. The normalized spacial score (nSPS) is 19.5. The molecule has 0 aromatic carbocycles. The number of rotatable bonds is 4. The predicted molar refractivity (Wildman–Crippen MR) is 70.6 cm³/mol. The van der Waals surface area contributed by atoms with E-state index < -0.39 is 6.04 Å². The summed E-state index contributed by atoms with van der Waals surface area (Å²) in [7, 11) is 1.50. The second-order valence-corrected chi connectivity index (χ2v) is 4.32. The monoisotopic (exact) mass is 263 g/mol. The number of hydrogen-bond donors (Lipinski definition) is 2. The number of amides is 2. The zero-order chi connectivity index (χ0) is 13.8. The zero-order valence-corrected chi connectivity index (χ0v) is 11.0. The summed E-state index contributed by atoms with van der Waals surface area (Å²) in [6, 6.07) is 1.29. The molecular weight excluding hydrogens is 246 g/mol. The maximum absolute atomic E-state index is 11.9. The summed E-state index contributed by atoms with van der Waals surface area (Å²) in [5.74, 6) is 0.728. The van der Waals surface area contributed by atoms with Crippen molar-refractivity contribution in [2.45, 2.75) is 25.8 Å². The van der Waals surface area contributed by atoms with Crippen molar-refractivity contribution in [2.75, 3.05) is 24.2 Å². The van der Waals surface area contributed by atoms with Gasteiger partial charge >= 0.3 is 0 Å². The number of likely N-dealkylation sites (tertiary alicyclic amines) is 1. The van der Waals surface area contributed by atoms with Crippen LogP contribution in [0.1, 0.15) is 19.8 Å². The molecule has 2 rings (SSSR count). The zero-order valence-electron chi connectivity index (χ0n) is 11.0. The first-order valence-corrected chi connectivity index (χ1v) is 6.25. The minimum Gasteiger partial charge on any atom is -0.358 e. The van der Waals surface area contributed by atoms with Crippen LogP contribution in [0.2, 0.25) is 0 Å². The Morgan fingerprint density at radius 1 is 1.47 bits per heavy atom. The smallest absolute Gasteiger partial charge is 0.251 e. The second-order valence-electron chi connectivity index (χ2n) is 4.32. The van der Waals surface area contributed by atoms with Gasteiger partial charge in [0.2, 0.25) is 11.9 Å². The van der Waals surface area contributed by atoms with Crippen LogP contribution < -0.4 is 10.6 Å². The van der Waals surface area contributed by atoms with Crippen molar-refractivity contribution in [3.05, 3.63) is 12.3 Å². The molecule has 1 aliphatic heterocycles. The van der Waals surface area contributed by atoms with Crippen LogP contribution in [0.3, 0.4) is 0 Å². The average molecular weight is 263 g/mol. The number of carbonyl (C=O) groups excluding carboxylic acids is 2. The Hall–Kier alpha value is -2.18. The van der Waals surface area contributed by atoms with E-state index in [0.717, 1.165) is 11.4 Å². The van der Waals surface area contributed by atoms with Crippen molar-refractivity contribution in [1.82, 2.24) is 14.9 Å². The van der Waals surface area contributed by atoms with Gasteiger partial charge in [-0.1, -0.05) is 0 Å². The first-order valence-electron chi connectivity index (χ1n) is 6.25. The SMILES string of the molecule is CCNc1nccc(NC2CCC(=O)N(C)C2=O)n1. The molecule has 0 bridgehead atoms. The van der Waals surface area contributed by atoms with Crippen molar-refractivity contribution in [1.29, 1.82) is 0 Å². The third-order valence-electron chi connectivity index (χ3n) is 2.96. The third-order valence-corrected chi connectivity index (χ3v) is 2.96. The average Bonchev–Trinajstić information content (AvgIpc) is 2.40. The molecule has 1 atom stereocenters. The molecule has 2 heterocycles. The molecule has 1 unspecified atom stereocenters. The van der Waals surface area contributed by atoms with E-state index in [2.05, 4.69) is 20.6 Å². The number of carbonyl (C=O) groups is 2. The number of anilines is 2. The maximum Gasteiger partial charge on any atom is 0.251 e. The van der Waals surface area contributed by atoms with Crippen LogP contribution in [0.4, 0.5) is 11.8 Å². The number of aromatic nitrogens is 2. The van der Waals surface area contributed by atoms with Crippen molar-refractivity contribution in [3.63, 3.8) is 0 Å². The van der Waals surface area contributed by atoms with Crippen LogP contribution in [-0.4, -0.2) is 46.3 Å². The van der Waals surface area contributed by atoms with Gasteiger partial charge in [0, 0.05) is 26.2 Å². The van der Waals surface area contributed by atoms with Gasteiger partial charge in [-0.25, -0.2) is 4.98 Å². The molecule has 1 aromatic rings. The standard InChI is InChI=1S/C12H17N5O2/c1-3-13-12-14-7-6-9(16-12)15-8-4-5-10(18)17(2)11(8)19/h6-8H,3-5H2,1-2H3,(H2,13,14,15,16). The predicted octanol–water partition coefficient (Wildman–Crippen LogP) is 0.468. The van der Waals surface area contributed by atoms with E-state index in [1.807, 2.05) is 6.92 Å². The largest absolute Gasteiger partial charge is 0.358 e. The van der Waals surface area contributed by atoms with Gasteiger partial charge in [0.1, 0.15) is 11.9 Å². The van der Waals surface area contributed by atoms with E-state index in [9.17, 15) is 9.59 Å². The maximum atomic E-state index is 11.9. The first-order chi connectivity index (χ1) is 9.11. The van der Waals surface area contributed by atoms with Gasteiger partial charge in [-0.05, 0) is 19.4 Å². The Balaban J connectivity index is 2.06. The fourth-order valence-corrected chi connectivity index (χ4v) is 1.91. The van der Waals surface area contributed by atoms with Crippen molar-refractivity contribution >= 4 is 23.6 Å². The number of hydrogen-bond acceptors (Lipinski definition) is 6. The van der Waals surface area contributed by atoms with Gasteiger partial charge < -0.3 is 10.6 Å². The van der Waals surface area contributed by atoms with Gasteiger partial charge in [-0.3, -0.25) is 14.5 Å². The fourth-order valence-electron chi connectivity index (χ4n) is 1.91. The Labute approximate surface area is 111 Å². The fraction of sp³-hybridized carbons (Fsp3) is 0.500. The summed E-state index contributed by atoms with van der Waals surface area (Å²) in [6.07, 6.45) is 2.48. The van der Waals surface area contributed by atoms with E-state index in [4.69, 9.17) is 0 Å². The van der Waals surface area contributed by atoms with Gasteiger partial charge in [0.15, 0.2) is 0 Å². The molecule has 1 aliphatic rings. The van der Waals surface area contributed by atoms with Gasteiger partial charge in [0.05, 0.1) is 0 Å². The van der Waals surface area contributed by atoms with E-state index >= 15 is 0 Å². The molecule has 7 heteroatoms. The number of nitrogens with one attached hydrogen (secondary N) is 2. The minimum absolute atomic E-state index is 0.140. The number of nitrogens with zero attached hydrogens (tertiary/aromatic N) is 3. The Bertz CT molecular complexity index is 491. The molecule has 7 nitrogen and oxygen atoms in total. The highest BCUT2D eigenvalue weighted by Gasteiger charge is 2.31. The van der Waals surface area contributed by atoms with Crippen LogP contribution in [0, 0.1) is 0 Å². The topological polar surface area (TPSA) is 87.2 Å². The van der Waals surface area contributed by atoms with E-state index in [-0.39, 0.29) is 11.8 Å². The highest BCUT2D eigenvalue weighted by atomic mass is 16.2. The highest BCUT2D eigenvalue weighted by molar-refractivity contribution is 6.01. The van der Waals surface area contributed by atoms with Crippen molar-refractivity contribution in [3.8, 4) is 0 Å². The van der Waals surface area contributed by atoms with Crippen molar-refractivity contribution < 1.29 is 9.59 Å². The molecule has 0 radical (unpaired) electrons. The molecular formula is C12H17N5O2. The molecule has 1 aromatic heterocycles. The number of imide groups is 1. The van der Waals surface area contributed by atoms with Crippen LogP contribution in [-0.2, 0) is 9.59 Å². The summed E-state index contributed by atoms with van der Waals surface area (Å²) >= 11 is 0. The summed E-state index contributed by atoms with van der Waals surface area (Å²) in [6.45, 7) is 2.68. The number of likely N-dealkylation sites (N-methyl/N-ethyl adjacent to an activating group) is 1. The Morgan fingerprint density at radius 3 is 3.00 bits per heavy atom. The third kappa shape index (κ3) is 2.98. The Kier molecular flexibility index (Phi) is 3.94. The highest BCUT2D eigenvalue weighted by Crippen LogP contribution is 2.16. The molecule has 2 amide bonds. The molecule has 0 spiro atoms. The minimum atomic E-state index is -0.410. The Morgan fingerprint density at radius 2 is 2.26 bits per heavy atom. The van der Waals surface area contributed by atoms with Crippen LogP contribution in [0.15, 0.2) is 12.3 Å². The first kappa shape index (κ1) is 13.3. The molecule has 19 heavy (non-hydrogen) atoms. The van der Waals surface area contributed by atoms with Gasteiger partial charge in [0.25, 0.3) is 5.91 Å². The summed E-state index contributed by atoms with van der Waals surface area (Å²) in [5.41, 5.74) is 0. The molecule has 0 saturated carbocycles. The van der Waals surface area contributed by atoms with Gasteiger partial charge in [-0.2, -0.15) is 4.98 Å². The summed E-state index contributed by atoms with van der Waals surface area (Å²) < 4.78 is 0. The van der Waals surface area contributed by atoms with E-state index in [0.29, 0.717) is 24.6 Å². The quantitative estimate of drug-likeness (QED) is 0.768. The molecule has 102 valence electrons. The number of piperidine rings is 1. The lowest BCUT2D eigenvalue weighted by molar-refractivity contribution is -0.146. The molecule has 2 N–H and O–H groups in total. The summed E-state index contributed by atoms with van der Waals surface area (Å²) in [5, 5.41) is 6.05. The molecule has 0 aliphatic carbocycles. The van der Waals surface area contributed by atoms with E-state index in [1.54, 1.807) is 12.3 Å². The second kappa shape index (κ2) is 5.64. The molecule has 1 fully saturated rings. The summed E-state index contributed by atoms with van der Waals surface area (Å²) in [4.78, 5) is 32.8.